The highest BCUT2D eigenvalue weighted by Crippen LogP contribution is 2.28. The van der Waals surface area contributed by atoms with Crippen LogP contribution < -0.4 is 0 Å². The van der Waals surface area contributed by atoms with Gasteiger partial charge in [0.1, 0.15) is 0 Å². The van der Waals surface area contributed by atoms with Gasteiger partial charge < -0.3 is 9.26 Å². The van der Waals surface area contributed by atoms with Gasteiger partial charge in [0, 0.05) is 35.8 Å². The van der Waals surface area contributed by atoms with Crippen LogP contribution in [0.3, 0.4) is 0 Å². The molecule has 1 aromatic carbocycles. The van der Waals surface area contributed by atoms with E-state index in [1.54, 1.807) is 0 Å². The number of thiophene rings is 1. The molecule has 26 heavy (non-hydrogen) atoms. The summed E-state index contributed by atoms with van der Waals surface area (Å²) in [4.78, 5) is 9.75. The summed E-state index contributed by atoms with van der Waals surface area (Å²) < 4.78 is 11.1. The Morgan fingerprint density at radius 3 is 2.81 bits per heavy atom. The Bertz CT molecular complexity index is 824. The van der Waals surface area contributed by atoms with Crippen molar-refractivity contribution in [3.05, 3.63) is 69.5 Å². The second kappa shape index (κ2) is 8.12. The van der Waals surface area contributed by atoms with Crippen LogP contribution in [-0.4, -0.2) is 34.7 Å². The van der Waals surface area contributed by atoms with Gasteiger partial charge in [0.15, 0.2) is 5.82 Å². The van der Waals surface area contributed by atoms with Crippen LogP contribution in [0.1, 0.15) is 33.0 Å². The van der Waals surface area contributed by atoms with Gasteiger partial charge >= 0.3 is 0 Å². The molecule has 3 aromatic rings. The number of nitrogens with zero attached hydrogens (tertiary/aromatic N) is 3. The summed E-state index contributed by atoms with van der Waals surface area (Å²) in [5.74, 6) is 1.87. The molecule has 0 bridgehead atoms. The van der Waals surface area contributed by atoms with Gasteiger partial charge in [0.05, 0.1) is 19.1 Å². The van der Waals surface area contributed by atoms with Crippen LogP contribution in [0.25, 0.3) is 0 Å². The third-order valence-electron chi connectivity index (χ3n) is 4.55. The summed E-state index contributed by atoms with van der Waals surface area (Å²) in [5, 5.41) is 4.09. The fourth-order valence-corrected chi connectivity index (χ4v) is 4.04. The lowest BCUT2D eigenvalue weighted by Crippen LogP contribution is -2.44. The largest absolute Gasteiger partial charge is 0.376 e. The average molecular weight is 369 g/mol. The van der Waals surface area contributed by atoms with E-state index >= 15 is 0 Å². The molecule has 136 valence electrons. The van der Waals surface area contributed by atoms with E-state index in [1.807, 2.05) is 29.5 Å². The number of hydrogen-bond acceptors (Lipinski definition) is 6. The quantitative estimate of drug-likeness (QED) is 0.565. The van der Waals surface area contributed by atoms with E-state index in [9.17, 15) is 0 Å². The Kier molecular flexibility index (Phi) is 5.43. The van der Waals surface area contributed by atoms with Crippen molar-refractivity contribution in [3.8, 4) is 0 Å². The van der Waals surface area contributed by atoms with Gasteiger partial charge in [-0.2, -0.15) is 4.98 Å². The van der Waals surface area contributed by atoms with Crippen molar-refractivity contribution < 1.29 is 9.26 Å². The molecule has 1 fully saturated rings. The monoisotopic (exact) mass is 369 g/mol. The minimum atomic E-state index is 0.363. The molecule has 0 saturated carbocycles. The molecule has 3 heterocycles. The highest BCUT2D eigenvalue weighted by atomic mass is 32.1. The van der Waals surface area contributed by atoms with E-state index in [0.29, 0.717) is 25.6 Å². The second-order valence-electron chi connectivity index (χ2n) is 6.74. The van der Waals surface area contributed by atoms with Crippen LogP contribution in [0.2, 0.25) is 0 Å². The maximum Gasteiger partial charge on any atom is 0.232 e. The molecule has 6 heteroatoms. The Balaban J connectivity index is 1.18. The van der Waals surface area contributed by atoms with Crippen molar-refractivity contribution >= 4 is 11.3 Å². The van der Waals surface area contributed by atoms with Crippen LogP contribution in [-0.2, 0) is 24.3 Å². The number of ether oxygens (including phenoxy) is 1. The second-order valence-corrected chi connectivity index (χ2v) is 8.11. The highest BCUT2D eigenvalue weighted by Gasteiger charge is 2.32. The lowest BCUT2D eigenvalue weighted by molar-refractivity contribution is 0.118. The van der Waals surface area contributed by atoms with Crippen molar-refractivity contribution in [2.75, 3.05) is 19.7 Å². The Morgan fingerprint density at radius 1 is 1.19 bits per heavy atom. The van der Waals surface area contributed by atoms with Gasteiger partial charge in [0.2, 0.25) is 5.89 Å². The summed E-state index contributed by atoms with van der Waals surface area (Å²) >= 11 is 1.87. The van der Waals surface area contributed by atoms with E-state index in [2.05, 4.69) is 46.2 Å². The van der Waals surface area contributed by atoms with E-state index in [-0.39, 0.29) is 0 Å². The highest BCUT2D eigenvalue weighted by molar-refractivity contribution is 7.11. The van der Waals surface area contributed by atoms with Gasteiger partial charge in [0.25, 0.3) is 0 Å². The molecule has 5 nitrogen and oxygen atoms in total. The minimum absolute atomic E-state index is 0.363. The summed E-state index contributed by atoms with van der Waals surface area (Å²) in [6, 6.07) is 14.6. The van der Waals surface area contributed by atoms with Crippen LogP contribution in [0.4, 0.5) is 0 Å². The maximum absolute atomic E-state index is 5.69. The SMILES string of the molecule is Cc1ccc(CN2CC(c3nc(CCOCc4ccccc4)no3)C2)s1. The van der Waals surface area contributed by atoms with E-state index in [1.165, 1.54) is 15.3 Å². The molecule has 0 N–H and O–H groups in total. The average Bonchev–Trinajstić information content (AvgIpc) is 3.24. The zero-order valence-electron chi connectivity index (χ0n) is 14.9. The van der Waals surface area contributed by atoms with E-state index < -0.39 is 0 Å². The van der Waals surface area contributed by atoms with Crippen LogP contribution in [0.5, 0.6) is 0 Å². The smallest absolute Gasteiger partial charge is 0.232 e. The number of benzene rings is 1. The first-order valence-electron chi connectivity index (χ1n) is 8.98. The number of likely N-dealkylation sites (tertiary alicyclic amines) is 1. The molecule has 1 aliphatic rings. The van der Waals surface area contributed by atoms with Gasteiger partial charge in [-0.25, -0.2) is 0 Å². The van der Waals surface area contributed by atoms with Crippen molar-refractivity contribution in [1.82, 2.24) is 15.0 Å². The number of rotatable bonds is 8. The van der Waals surface area contributed by atoms with Crippen molar-refractivity contribution in [2.24, 2.45) is 0 Å². The van der Waals surface area contributed by atoms with Crippen LogP contribution in [0, 0.1) is 6.92 Å². The Morgan fingerprint density at radius 2 is 2.04 bits per heavy atom. The third-order valence-corrected chi connectivity index (χ3v) is 5.53. The first kappa shape index (κ1) is 17.4. The Hall–Kier alpha value is -2.02. The number of aromatic nitrogens is 2. The predicted octanol–water partition coefficient (Wildman–Crippen LogP) is 3.80. The zero-order valence-corrected chi connectivity index (χ0v) is 15.7. The van der Waals surface area contributed by atoms with Gasteiger partial charge in [-0.05, 0) is 24.6 Å². The fraction of sp³-hybridized carbons (Fsp3) is 0.400. The number of aryl methyl sites for hydroxylation is 1. The molecule has 0 radical (unpaired) electrons. The molecule has 4 rings (SSSR count). The first-order chi connectivity index (χ1) is 12.8. The van der Waals surface area contributed by atoms with Crippen LogP contribution >= 0.6 is 11.3 Å². The predicted molar refractivity (Wildman–Crippen MR) is 101 cm³/mol. The summed E-state index contributed by atoms with van der Waals surface area (Å²) in [6.45, 7) is 6.36. The summed E-state index contributed by atoms with van der Waals surface area (Å²) in [5.41, 5.74) is 1.18. The van der Waals surface area contributed by atoms with Gasteiger partial charge in [-0.3, -0.25) is 4.90 Å². The molecule has 0 aliphatic carbocycles. The lowest BCUT2D eigenvalue weighted by Gasteiger charge is -2.36. The van der Waals surface area contributed by atoms with Crippen molar-refractivity contribution in [3.63, 3.8) is 0 Å². The lowest BCUT2D eigenvalue weighted by atomic mass is 10.0. The molecule has 1 aliphatic heterocycles. The van der Waals surface area contributed by atoms with E-state index in [4.69, 9.17) is 9.26 Å². The van der Waals surface area contributed by atoms with Crippen LogP contribution in [0.15, 0.2) is 47.0 Å². The zero-order chi connectivity index (χ0) is 17.8. The number of hydrogen-bond donors (Lipinski definition) is 0. The van der Waals surface area contributed by atoms with E-state index in [0.717, 1.165) is 31.3 Å². The van der Waals surface area contributed by atoms with Crippen molar-refractivity contribution in [1.29, 1.82) is 0 Å². The first-order valence-corrected chi connectivity index (χ1v) is 9.80. The third kappa shape index (κ3) is 4.38. The molecule has 0 atom stereocenters. The molecule has 2 aromatic heterocycles. The topological polar surface area (TPSA) is 51.4 Å². The molecular formula is C20H23N3O2S. The minimum Gasteiger partial charge on any atom is -0.376 e. The standard InChI is InChI=1S/C20H23N3O2S/c1-15-7-8-18(26-15)13-23-11-17(12-23)20-21-19(22-25-20)9-10-24-14-16-5-3-2-4-6-16/h2-8,17H,9-14H2,1H3. The maximum atomic E-state index is 5.69. The molecule has 0 amide bonds. The normalized spacial score (nSPS) is 15.3. The van der Waals surface area contributed by atoms with Gasteiger partial charge in [-0.15, -0.1) is 11.3 Å². The fourth-order valence-electron chi connectivity index (χ4n) is 3.11. The molecule has 0 spiro atoms. The Labute approximate surface area is 157 Å². The van der Waals surface area contributed by atoms with Crippen molar-refractivity contribution in [2.45, 2.75) is 32.4 Å². The summed E-state index contributed by atoms with van der Waals surface area (Å²) in [6.07, 6.45) is 0.682. The molecule has 1 saturated heterocycles. The van der Waals surface area contributed by atoms with Gasteiger partial charge in [-0.1, -0.05) is 35.5 Å². The molecular weight excluding hydrogens is 346 g/mol. The molecule has 0 unspecified atom stereocenters. The summed E-state index contributed by atoms with van der Waals surface area (Å²) in [7, 11) is 0.